The van der Waals surface area contributed by atoms with Crippen molar-refractivity contribution in [3.63, 3.8) is 0 Å². The molecule has 4 bridgehead atoms. The van der Waals surface area contributed by atoms with Gasteiger partial charge in [-0.3, -0.25) is 4.90 Å². The van der Waals surface area contributed by atoms with Gasteiger partial charge in [0, 0.05) is 35.5 Å². The summed E-state index contributed by atoms with van der Waals surface area (Å²) in [6.45, 7) is 5.98. The second kappa shape index (κ2) is 5.26. The molecule has 4 aliphatic rings. The van der Waals surface area contributed by atoms with E-state index in [1.54, 1.807) is 6.07 Å². The topological polar surface area (TPSA) is 36.6 Å². The van der Waals surface area contributed by atoms with E-state index < -0.39 is 0 Å². The van der Waals surface area contributed by atoms with Crippen LogP contribution < -0.4 is 0 Å². The zero-order chi connectivity index (χ0) is 16.4. The smallest absolute Gasteiger partial charge is 0.134 e. The Morgan fingerprint density at radius 1 is 1.29 bits per heavy atom. The summed E-state index contributed by atoms with van der Waals surface area (Å²) in [6.07, 6.45) is 6.37. The van der Waals surface area contributed by atoms with Crippen molar-refractivity contribution in [2.45, 2.75) is 64.0 Å². The number of phenols is 1. The molecule has 128 valence electrons. The number of hydrogen-bond acceptors (Lipinski definition) is 3. The molecule has 1 saturated carbocycles. The quantitative estimate of drug-likeness (QED) is 0.871. The molecule has 0 spiro atoms. The van der Waals surface area contributed by atoms with E-state index in [9.17, 15) is 5.11 Å². The van der Waals surface area contributed by atoms with Gasteiger partial charge in [-0.2, -0.15) is 0 Å². The van der Waals surface area contributed by atoms with Crippen LogP contribution in [0.2, 0.25) is 0 Å². The van der Waals surface area contributed by atoms with E-state index in [1.807, 2.05) is 12.1 Å². The highest BCUT2D eigenvalue weighted by Crippen LogP contribution is 2.53. The second-order valence-electron chi connectivity index (χ2n) is 8.36. The van der Waals surface area contributed by atoms with Crippen LogP contribution in [0.3, 0.4) is 0 Å². The van der Waals surface area contributed by atoms with Gasteiger partial charge in [-0.1, -0.05) is 13.3 Å². The molecular weight excluding hydrogens is 298 g/mol. The van der Waals surface area contributed by atoms with Crippen molar-refractivity contribution in [2.75, 3.05) is 6.54 Å². The third-order valence-corrected chi connectivity index (χ3v) is 6.84. The average Bonchev–Trinajstić information content (AvgIpc) is 2.89. The van der Waals surface area contributed by atoms with E-state index in [0.717, 1.165) is 29.2 Å². The van der Waals surface area contributed by atoms with Gasteiger partial charge in [0.15, 0.2) is 0 Å². The highest BCUT2D eigenvalue weighted by molar-refractivity contribution is 5.84. The van der Waals surface area contributed by atoms with E-state index >= 15 is 0 Å². The Morgan fingerprint density at radius 2 is 2.17 bits per heavy atom. The SMILES string of the molecule is CCC[C@H]1C[C@H]2C[C@H]3c4oc5ccc(O)cc5c4C[C@H](C)N(C2)C13. The molecular formula is C21H27NO2. The Bertz CT molecular complexity index is 779. The first-order valence-corrected chi connectivity index (χ1v) is 9.65. The van der Waals surface area contributed by atoms with Crippen LogP contribution in [0.5, 0.6) is 5.75 Å². The lowest BCUT2D eigenvalue weighted by atomic mass is 9.65. The van der Waals surface area contributed by atoms with Gasteiger partial charge in [0.2, 0.25) is 0 Å². The molecule has 2 unspecified atom stereocenters. The summed E-state index contributed by atoms with van der Waals surface area (Å²) in [4.78, 5) is 2.80. The fourth-order valence-electron chi connectivity index (χ4n) is 6.04. The van der Waals surface area contributed by atoms with E-state index in [4.69, 9.17) is 4.42 Å². The molecule has 24 heavy (non-hydrogen) atoms. The van der Waals surface area contributed by atoms with E-state index in [2.05, 4.69) is 18.7 Å². The fourth-order valence-corrected chi connectivity index (χ4v) is 6.04. The zero-order valence-corrected chi connectivity index (χ0v) is 14.7. The third kappa shape index (κ3) is 2.00. The van der Waals surface area contributed by atoms with Crippen LogP contribution in [0.25, 0.3) is 11.0 Å². The molecule has 4 heterocycles. The lowest BCUT2D eigenvalue weighted by Gasteiger charge is -2.54. The minimum atomic E-state index is 0.344. The standard InChI is InChI=1S/C21H27NO2/c1-3-4-14-8-13-9-18-20(14)22(11-13)12(2)7-17-16-10-15(23)5-6-19(16)24-21(17)18/h5-6,10,12-14,18,20,23H,3-4,7-9,11H2,1-2H3/t12-,13-,14-,18+,20?/m0/s1. The first kappa shape index (κ1) is 14.8. The minimum Gasteiger partial charge on any atom is -0.508 e. The van der Waals surface area contributed by atoms with Crippen LogP contribution in [0.1, 0.15) is 56.8 Å². The molecule has 1 N–H and O–H groups in total. The lowest BCUT2D eigenvalue weighted by Crippen LogP contribution is -2.58. The number of fused-ring (bicyclic) bond motifs is 4. The van der Waals surface area contributed by atoms with Crippen molar-refractivity contribution in [1.82, 2.24) is 4.90 Å². The lowest BCUT2D eigenvalue weighted by molar-refractivity contribution is -0.0400. The average molecular weight is 325 g/mol. The number of rotatable bonds is 2. The van der Waals surface area contributed by atoms with Gasteiger partial charge in [0.25, 0.3) is 0 Å². The van der Waals surface area contributed by atoms with Crippen LogP contribution >= 0.6 is 0 Å². The summed E-state index contributed by atoms with van der Waals surface area (Å²) in [7, 11) is 0. The normalized spacial score (nSPS) is 37.4. The minimum absolute atomic E-state index is 0.344. The molecule has 0 amide bonds. The fraction of sp³-hybridized carbons (Fsp3) is 0.619. The van der Waals surface area contributed by atoms with Crippen LogP contribution in [-0.4, -0.2) is 28.6 Å². The number of benzene rings is 1. The summed E-state index contributed by atoms with van der Waals surface area (Å²) in [5, 5.41) is 11.1. The molecule has 1 aliphatic carbocycles. The largest absolute Gasteiger partial charge is 0.508 e. The molecule has 0 radical (unpaired) electrons. The van der Waals surface area contributed by atoms with Gasteiger partial charge in [-0.05, 0) is 62.6 Å². The Hall–Kier alpha value is -1.48. The molecule has 3 heteroatoms. The van der Waals surface area contributed by atoms with E-state index in [-0.39, 0.29) is 0 Å². The number of phenolic OH excluding ortho intramolecular Hbond substituents is 1. The van der Waals surface area contributed by atoms with Crippen LogP contribution in [0.15, 0.2) is 22.6 Å². The second-order valence-corrected chi connectivity index (χ2v) is 8.36. The number of piperidine rings is 2. The van der Waals surface area contributed by atoms with Crippen molar-refractivity contribution in [1.29, 1.82) is 0 Å². The first-order valence-electron chi connectivity index (χ1n) is 9.65. The molecule has 1 aromatic carbocycles. The molecule has 6 rings (SSSR count). The Balaban J connectivity index is 1.67. The summed E-state index contributed by atoms with van der Waals surface area (Å²) >= 11 is 0. The van der Waals surface area contributed by atoms with Crippen molar-refractivity contribution >= 4 is 11.0 Å². The first-order chi connectivity index (χ1) is 11.7. The zero-order valence-electron chi connectivity index (χ0n) is 14.7. The van der Waals surface area contributed by atoms with Crippen molar-refractivity contribution in [3.8, 4) is 5.75 Å². The van der Waals surface area contributed by atoms with E-state index in [1.165, 1.54) is 43.6 Å². The monoisotopic (exact) mass is 325 g/mol. The van der Waals surface area contributed by atoms with Gasteiger partial charge < -0.3 is 9.52 Å². The maximum atomic E-state index is 9.94. The molecule has 6 atom stereocenters. The van der Waals surface area contributed by atoms with Gasteiger partial charge in [0.1, 0.15) is 17.1 Å². The number of aromatic hydroxyl groups is 1. The molecule has 3 fully saturated rings. The van der Waals surface area contributed by atoms with Gasteiger partial charge >= 0.3 is 0 Å². The van der Waals surface area contributed by atoms with Gasteiger partial charge in [-0.15, -0.1) is 0 Å². The van der Waals surface area contributed by atoms with Crippen molar-refractivity contribution < 1.29 is 9.52 Å². The molecule has 1 aromatic heterocycles. The molecule has 3 aliphatic heterocycles. The van der Waals surface area contributed by atoms with Crippen molar-refractivity contribution in [3.05, 3.63) is 29.5 Å². The molecule has 2 saturated heterocycles. The van der Waals surface area contributed by atoms with Crippen LogP contribution in [-0.2, 0) is 6.42 Å². The van der Waals surface area contributed by atoms with Crippen molar-refractivity contribution in [2.24, 2.45) is 11.8 Å². The summed E-state index contributed by atoms with van der Waals surface area (Å²) in [6, 6.07) is 6.79. The Labute approximate surface area is 143 Å². The predicted octanol–water partition coefficient (Wildman–Crippen LogP) is 4.68. The predicted molar refractivity (Wildman–Crippen MR) is 95.4 cm³/mol. The van der Waals surface area contributed by atoms with Gasteiger partial charge in [-0.25, -0.2) is 0 Å². The number of furan rings is 1. The highest BCUT2D eigenvalue weighted by Gasteiger charge is 2.51. The van der Waals surface area contributed by atoms with Crippen LogP contribution in [0.4, 0.5) is 0 Å². The van der Waals surface area contributed by atoms with Crippen LogP contribution in [0, 0.1) is 11.8 Å². The third-order valence-electron chi connectivity index (χ3n) is 6.84. The number of nitrogens with zero attached hydrogens (tertiary/aromatic N) is 1. The highest BCUT2D eigenvalue weighted by atomic mass is 16.3. The maximum Gasteiger partial charge on any atom is 0.134 e. The molecule has 3 nitrogen and oxygen atoms in total. The number of hydrogen-bond donors (Lipinski definition) is 1. The Kier molecular flexibility index (Phi) is 3.25. The van der Waals surface area contributed by atoms with E-state index in [0.29, 0.717) is 23.8 Å². The summed E-state index contributed by atoms with van der Waals surface area (Å²) in [5.74, 6) is 3.77. The maximum absolute atomic E-state index is 9.94. The summed E-state index contributed by atoms with van der Waals surface area (Å²) in [5.41, 5.74) is 2.32. The Morgan fingerprint density at radius 3 is 3.00 bits per heavy atom. The van der Waals surface area contributed by atoms with Gasteiger partial charge in [0.05, 0.1) is 0 Å². The summed E-state index contributed by atoms with van der Waals surface area (Å²) < 4.78 is 6.40. The molecule has 2 aromatic rings.